The predicted molar refractivity (Wildman–Crippen MR) is 86.2 cm³/mol. The van der Waals surface area contributed by atoms with Crippen molar-refractivity contribution >= 4 is 11.7 Å². The molecule has 1 aromatic carbocycles. The molecule has 0 unspecified atom stereocenters. The molecular weight excluding hydrogens is 310 g/mol. The Labute approximate surface area is 139 Å². The minimum absolute atomic E-state index is 0.00851. The number of furan rings is 1. The Morgan fingerprint density at radius 3 is 2.67 bits per heavy atom. The van der Waals surface area contributed by atoms with Gasteiger partial charge in [0, 0.05) is 18.4 Å². The van der Waals surface area contributed by atoms with Crippen LogP contribution < -0.4 is 14.8 Å². The van der Waals surface area contributed by atoms with Crippen molar-refractivity contribution in [3.05, 3.63) is 47.9 Å². The van der Waals surface area contributed by atoms with Crippen LogP contribution in [0.4, 0.5) is 0 Å². The molecule has 2 aromatic rings. The number of fused-ring (bicyclic) bond motifs is 1. The van der Waals surface area contributed by atoms with Gasteiger partial charge in [-0.15, -0.1) is 0 Å². The molecule has 24 heavy (non-hydrogen) atoms. The molecule has 0 radical (unpaired) electrons. The Morgan fingerprint density at radius 2 is 1.88 bits per heavy atom. The van der Waals surface area contributed by atoms with Gasteiger partial charge in [0.2, 0.25) is 5.91 Å². The minimum Gasteiger partial charge on any atom is -0.486 e. The van der Waals surface area contributed by atoms with Crippen LogP contribution in [0.3, 0.4) is 0 Å². The van der Waals surface area contributed by atoms with Gasteiger partial charge in [-0.05, 0) is 36.8 Å². The average Bonchev–Trinajstić information content (AvgIpc) is 3.13. The fraction of sp³-hybridized carbons (Fsp3) is 0.333. The standard InChI is InChI=1S/C18H19NO5/c20-15(13-6-7-16-17(11-13)24-10-9-23-16)4-1-5-18(21)19-12-14-3-2-8-22-14/h2-3,6-8,11H,1,4-5,9-10,12H2,(H,19,21). The maximum atomic E-state index is 12.2. The van der Waals surface area contributed by atoms with E-state index in [0.29, 0.717) is 61.8 Å². The maximum absolute atomic E-state index is 12.2. The molecule has 0 atom stereocenters. The summed E-state index contributed by atoms with van der Waals surface area (Å²) in [5.74, 6) is 1.86. The fourth-order valence-corrected chi connectivity index (χ4v) is 2.46. The highest BCUT2D eigenvalue weighted by Gasteiger charge is 2.15. The molecule has 0 fully saturated rings. The summed E-state index contributed by atoms with van der Waals surface area (Å²) in [5, 5.41) is 2.76. The van der Waals surface area contributed by atoms with Gasteiger partial charge in [0.05, 0.1) is 12.8 Å². The van der Waals surface area contributed by atoms with Crippen molar-refractivity contribution in [3.63, 3.8) is 0 Å². The van der Waals surface area contributed by atoms with Crippen LogP contribution in [-0.4, -0.2) is 24.9 Å². The maximum Gasteiger partial charge on any atom is 0.220 e. The van der Waals surface area contributed by atoms with E-state index in [1.807, 2.05) is 0 Å². The highest BCUT2D eigenvalue weighted by Crippen LogP contribution is 2.31. The van der Waals surface area contributed by atoms with Crippen LogP contribution in [0.5, 0.6) is 11.5 Å². The molecule has 0 spiro atoms. The van der Waals surface area contributed by atoms with E-state index in [0.717, 1.165) is 0 Å². The predicted octanol–water partition coefficient (Wildman–Crippen LogP) is 2.72. The molecule has 1 N–H and O–H groups in total. The lowest BCUT2D eigenvalue weighted by Crippen LogP contribution is -2.22. The van der Waals surface area contributed by atoms with E-state index in [1.54, 1.807) is 36.6 Å². The Morgan fingerprint density at radius 1 is 1.04 bits per heavy atom. The minimum atomic E-state index is -0.0959. The summed E-state index contributed by atoms with van der Waals surface area (Å²) >= 11 is 0. The third-order valence-electron chi connectivity index (χ3n) is 3.71. The highest BCUT2D eigenvalue weighted by atomic mass is 16.6. The first-order chi connectivity index (χ1) is 11.7. The first-order valence-electron chi connectivity index (χ1n) is 7.94. The molecule has 0 saturated heterocycles. The highest BCUT2D eigenvalue weighted by molar-refractivity contribution is 5.96. The van der Waals surface area contributed by atoms with Crippen LogP contribution in [0.1, 0.15) is 35.4 Å². The average molecular weight is 329 g/mol. The third kappa shape index (κ3) is 4.16. The Bertz CT molecular complexity index is 708. The number of carbonyl (C=O) groups is 2. The second kappa shape index (κ2) is 7.68. The van der Waals surface area contributed by atoms with Crippen molar-refractivity contribution in [3.8, 4) is 11.5 Å². The molecule has 0 aliphatic carbocycles. The number of nitrogens with one attached hydrogen (secondary N) is 1. The van der Waals surface area contributed by atoms with Crippen LogP contribution in [0.15, 0.2) is 41.0 Å². The zero-order chi connectivity index (χ0) is 16.8. The number of ketones is 1. The second-order valence-corrected chi connectivity index (χ2v) is 5.49. The zero-order valence-electron chi connectivity index (χ0n) is 13.2. The van der Waals surface area contributed by atoms with Crippen molar-refractivity contribution in [2.24, 2.45) is 0 Å². The van der Waals surface area contributed by atoms with E-state index in [2.05, 4.69) is 5.32 Å². The molecule has 2 heterocycles. The van der Waals surface area contributed by atoms with E-state index in [-0.39, 0.29) is 11.7 Å². The number of carbonyl (C=O) groups excluding carboxylic acids is 2. The SMILES string of the molecule is O=C(CCCC(=O)c1ccc2c(c1)OCCO2)NCc1ccco1. The summed E-state index contributed by atoms with van der Waals surface area (Å²) in [6.07, 6.45) is 2.68. The van der Waals surface area contributed by atoms with Gasteiger partial charge in [-0.1, -0.05) is 0 Å². The van der Waals surface area contributed by atoms with Gasteiger partial charge in [0.25, 0.3) is 0 Å². The van der Waals surface area contributed by atoms with E-state index in [1.165, 1.54) is 0 Å². The quantitative estimate of drug-likeness (QED) is 0.790. The zero-order valence-corrected chi connectivity index (χ0v) is 13.2. The number of ether oxygens (including phenoxy) is 2. The molecule has 6 heteroatoms. The van der Waals surface area contributed by atoms with Gasteiger partial charge in [0.15, 0.2) is 17.3 Å². The monoisotopic (exact) mass is 329 g/mol. The second-order valence-electron chi connectivity index (χ2n) is 5.49. The molecule has 3 rings (SSSR count). The van der Waals surface area contributed by atoms with Gasteiger partial charge in [0.1, 0.15) is 19.0 Å². The summed E-state index contributed by atoms with van der Waals surface area (Å²) in [7, 11) is 0. The first kappa shape index (κ1) is 16.1. The largest absolute Gasteiger partial charge is 0.486 e. The molecule has 1 amide bonds. The number of hydrogen-bond acceptors (Lipinski definition) is 5. The molecule has 0 bridgehead atoms. The third-order valence-corrected chi connectivity index (χ3v) is 3.71. The van der Waals surface area contributed by atoms with Crippen LogP contribution in [0.2, 0.25) is 0 Å². The number of Topliss-reactive ketones (excluding diaryl/α,β-unsaturated/α-hetero) is 1. The van der Waals surface area contributed by atoms with E-state index < -0.39 is 0 Å². The smallest absolute Gasteiger partial charge is 0.220 e. The van der Waals surface area contributed by atoms with Gasteiger partial charge >= 0.3 is 0 Å². The lowest BCUT2D eigenvalue weighted by molar-refractivity contribution is -0.121. The first-order valence-corrected chi connectivity index (χ1v) is 7.94. The summed E-state index contributed by atoms with van der Waals surface area (Å²) in [4.78, 5) is 24.0. The lowest BCUT2D eigenvalue weighted by atomic mass is 10.0. The number of benzene rings is 1. The lowest BCUT2D eigenvalue weighted by Gasteiger charge is -2.18. The van der Waals surface area contributed by atoms with Gasteiger partial charge < -0.3 is 19.2 Å². The Kier molecular flexibility index (Phi) is 5.15. The normalized spacial score (nSPS) is 12.7. The van der Waals surface area contributed by atoms with Gasteiger partial charge in [-0.3, -0.25) is 9.59 Å². The Balaban J connectivity index is 1.43. The van der Waals surface area contributed by atoms with Crippen molar-refractivity contribution in [1.82, 2.24) is 5.32 Å². The summed E-state index contributed by atoms with van der Waals surface area (Å²) in [6.45, 7) is 1.37. The van der Waals surface area contributed by atoms with Crippen LogP contribution in [0.25, 0.3) is 0 Å². The van der Waals surface area contributed by atoms with E-state index >= 15 is 0 Å². The van der Waals surface area contributed by atoms with Crippen LogP contribution in [0, 0.1) is 0 Å². The van der Waals surface area contributed by atoms with E-state index in [4.69, 9.17) is 13.9 Å². The van der Waals surface area contributed by atoms with Crippen LogP contribution in [-0.2, 0) is 11.3 Å². The molecule has 1 aromatic heterocycles. The summed E-state index contributed by atoms with van der Waals surface area (Å²) in [6, 6.07) is 8.75. The number of rotatable bonds is 7. The summed E-state index contributed by atoms with van der Waals surface area (Å²) < 4.78 is 16.0. The van der Waals surface area contributed by atoms with Crippen molar-refractivity contribution in [2.45, 2.75) is 25.8 Å². The molecule has 6 nitrogen and oxygen atoms in total. The molecule has 0 saturated carbocycles. The van der Waals surface area contributed by atoms with Gasteiger partial charge in [-0.2, -0.15) is 0 Å². The summed E-state index contributed by atoms with van der Waals surface area (Å²) in [5.41, 5.74) is 0.579. The molecular formula is C18H19NO5. The fourth-order valence-electron chi connectivity index (χ4n) is 2.46. The topological polar surface area (TPSA) is 77.8 Å². The Hall–Kier alpha value is -2.76. The van der Waals surface area contributed by atoms with Crippen molar-refractivity contribution in [1.29, 1.82) is 0 Å². The van der Waals surface area contributed by atoms with Crippen molar-refractivity contribution < 1.29 is 23.5 Å². The number of hydrogen-bond donors (Lipinski definition) is 1. The van der Waals surface area contributed by atoms with E-state index in [9.17, 15) is 9.59 Å². The molecule has 126 valence electrons. The van der Waals surface area contributed by atoms with Crippen LogP contribution >= 0.6 is 0 Å². The molecule has 1 aliphatic rings. The van der Waals surface area contributed by atoms with Crippen molar-refractivity contribution in [2.75, 3.05) is 13.2 Å². The number of amides is 1. The van der Waals surface area contributed by atoms with Gasteiger partial charge in [-0.25, -0.2) is 0 Å². The molecule has 1 aliphatic heterocycles.